The lowest BCUT2D eigenvalue weighted by atomic mass is 10.1. The van der Waals surface area contributed by atoms with Crippen molar-refractivity contribution in [1.29, 1.82) is 0 Å². The van der Waals surface area contributed by atoms with Crippen LogP contribution >= 0.6 is 0 Å². The Bertz CT molecular complexity index is 822. The molecule has 0 radical (unpaired) electrons. The normalized spacial score (nSPS) is 11.3. The maximum absolute atomic E-state index is 12.5. The fraction of sp³-hybridized carbons (Fsp3) is 0.526. The van der Waals surface area contributed by atoms with Gasteiger partial charge in [-0.05, 0) is 57.1 Å². The van der Waals surface area contributed by atoms with Crippen LogP contribution in [0.4, 0.5) is 0 Å². The molecule has 1 N–H and O–H groups in total. The van der Waals surface area contributed by atoms with E-state index in [4.69, 9.17) is 0 Å². The Labute approximate surface area is 148 Å². The second-order valence-corrected chi connectivity index (χ2v) is 6.39. The van der Waals surface area contributed by atoms with E-state index in [-0.39, 0.29) is 18.0 Å². The van der Waals surface area contributed by atoms with E-state index in [1.54, 1.807) is 6.92 Å². The summed E-state index contributed by atoms with van der Waals surface area (Å²) in [6.45, 7) is 13.2. The van der Waals surface area contributed by atoms with Crippen molar-refractivity contribution < 1.29 is 4.79 Å². The smallest absolute Gasteiger partial charge is 0.272 e. The van der Waals surface area contributed by atoms with E-state index in [0.29, 0.717) is 17.8 Å². The molecule has 0 atom stereocenters. The summed E-state index contributed by atoms with van der Waals surface area (Å²) in [6, 6.07) is 3.90. The van der Waals surface area contributed by atoms with Gasteiger partial charge in [0.25, 0.3) is 5.56 Å². The summed E-state index contributed by atoms with van der Waals surface area (Å²) in [7, 11) is 0. The number of hydrogen-bond acceptors (Lipinski definition) is 4. The van der Waals surface area contributed by atoms with Gasteiger partial charge in [-0.15, -0.1) is 0 Å². The van der Waals surface area contributed by atoms with Gasteiger partial charge in [-0.25, -0.2) is 4.98 Å². The molecule has 2 rings (SSSR count). The van der Waals surface area contributed by atoms with E-state index in [9.17, 15) is 9.59 Å². The summed E-state index contributed by atoms with van der Waals surface area (Å²) in [6.07, 6.45) is 0. The molecule has 136 valence electrons. The third-order valence-electron chi connectivity index (χ3n) is 4.67. The molecule has 2 aromatic rings. The summed E-state index contributed by atoms with van der Waals surface area (Å²) < 4.78 is 1.52. The van der Waals surface area contributed by atoms with Crippen LogP contribution in [0.2, 0.25) is 0 Å². The third kappa shape index (κ3) is 4.45. The average Bonchev–Trinajstić information content (AvgIpc) is 2.58. The van der Waals surface area contributed by atoms with Crippen molar-refractivity contribution >= 4 is 16.9 Å². The molecule has 0 fully saturated rings. The van der Waals surface area contributed by atoms with Crippen LogP contribution in [0.15, 0.2) is 16.9 Å². The molecule has 0 aliphatic carbocycles. The number of nitrogens with one attached hydrogen (secondary N) is 1. The number of nitrogens with zero attached hydrogens (tertiary/aromatic N) is 3. The van der Waals surface area contributed by atoms with Gasteiger partial charge in [-0.3, -0.25) is 14.2 Å². The first-order valence-electron chi connectivity index (χ1n) is 8.84. The number of hydrogen-bond donors (Lipinski definition) is 1. The number of amides is 1. The molecule has 0 saturated carbocycles. The van der Waals surface area contributed by atoms with Gasteiger partial charge >= 0.3 is 0 Å². The fourth-order valence-electron chi connectivity index (χ4n) is 2.87. The molecule has 1 aromatic heterocycles. The molecule has 0 spiro atoms. The number of likely N-dealkylation sites (N-methyl/N-ethyl adjacent to an activating group) is 1. The Balaban J connectivity index is 2.22. The predicted molar refractivity (Wildman–Crippen MR) is 101 cm³/mol. The molecule has 0 aliphatic heterocycles. The molecule has 0 saturated heterocycles. The molecule has 25 heavy (non-hydrogen) atoms. The SMILES string of the molecule is CCN(CC)CCNC(=O)Cn1c(=O)c(C)nc2cc(C)c(C)cc21. The first-order chi connectivity index (χ1) is 11.9. The number of fused-ring (bicyclic) bond motifs is 1. The van der Waals surface area contributed by atoms with Crippen molar-refractivity contribution in [2.24, 2.45) is 0 Å². The average molecular weight is 344 g/mol. The first-order valence-corrected chi connectivity index (χ1v) is 8.84. The van der Waals surface area contributed by atoms with Gasteiger partial charge in [0, 0.05) is 13.1 Å². The van der Waals surface area contributed by atoms with Crippen LogP contribution in [0.25, 0.3) is 11.0 Å². The van der Waals surface area contributed by atoms with Crippen LogP contribution < -0.4 is 10.9 Å². The summed E-state index contributed by atoms with van der Waals surface area (Å²) in [4.78, 5) is 31.4. The van der Waals surface area contributed by atoms with Gasteiger partial charge in [-0.1, -0.05) is 13.8 Å². The van der Waals surface area contributed by atoms with Crippen molar-refractivity contribution in [3.05, 3.63) is 39.3 Å². The molecule has 0 unspecified atom stereocenters. The summed E-state index contributed by atoms with van der Waals surface area (Å²) >= 11 is 0. The van der Waals surface area contributed by atoms with Crippen LogP contribution in [0, 0.1) is 20.8 Å². The van der Waals surface area contributed by atoms with Gasteiger partial charge in [0.15, 0.2) is 0 Å². The molecule has 0 bridgehead atoms. The molecule has 6 nitrogen and oxygen atoms in total. The maximum atomic E-state index is 12.5. The molecule has 1 amide bonds. The zero-order valence-electron chi connectivity index (χ0n) is 15.8. The number of carbonyl (C=O) groups is 1. The minimum absolute atomic E-state index is 0.0133. The van der Waals surface area contributed by atoms with E-state index in [1.807, 2.05) is 26.0 Å². The van der Waals surface area contributed by atoms with Gasteiger partial charge in [0.2, 0.25) is 5.91 Å². The largest absolute Gasteiger partial charge is 0.353 e. The Morgan fingerprint density at radius 1 is 1.16 bits per heavy atom. The Morgan fingerprint density at radius 3 is 2.44 bits per heavy atom. The number of benzene rings is 1. The van der Waals surface area contributed by atoms with Crippen molar-refractivity contribution in [2.45, 2.75) is 41.2 Å². The lowest BCUT2D eigenvalue weighted by Crippen LogP contribution is -2.38. The summed E-state index contributed by atoms with van der Waals surface area (Å²) in [5.74, 6) is -0.153. The lowest BCUT2D eigenvalue weighted by Gasteiger charge is -2.18. The van der Waals surface area contributed by atoms with Crippen molar-refractivity contribution in [2.75, 3.05) is 26.2 Å². The first kappa shape index (κ1) is 19.1. The van der Waals surface area contributed by atoms with Crippen molar-refractivity contribution in [3.63, 3.8) is 0 Å². The zero-order valence-corrected chi connectivity index (χ0v) is 15.8. The topological polar surface area (TPSA) is 67.2 Å². The molecular weight excluding hydrogens is 316 g/mol. The minimum Gasteiger partial charge on any atom is -0.353 e. The van der Waals surface area contributed by atoms with E-state index in [0.717, 1.165) is 36.3 Å². The fourth-order valence-corrected chi connectivity index (χ4v) is 2.87. The quantitative estimate of drug-likeness (QED) is 0.831. The molecule has 0 aliphatic rings. The van der Waals surface area contributed by atoms with E-state index in [2.05, 4.69) is 29.0 Å². The van der Waals surface area contributed by atoms with E-state index >= 15 is 0 Å². The summed E-state index contributed by atoms with van der Waals surface area (Å²) in [5.41, 5.74) is 3.84. The molecule has 6 heteroatoms. The highest BCUT2D eigenvalue weighted by atomic mass is 16.2. The van der Waals surface area contributed by atoms with Gasteiger partial charge in [0.1, 0.15) is 12.2 Å². The van der Waals surface area contributed by atoms with Crippen LogP contribution in [0.5, 0.6) is 0 Å². The van der Waals surface area contributed by atoms with Crippen LogP contribution in [-0.4, -0.2) is 46.5 Å². The minimum atomic E-state index is -0.213. The highest BCUT2D eigenvalue weighted by molar-refractivity contribution is 5.81. The number of aryl methyl sites for hydroxylation is 3. The number of rotatable bonds is 7. The van der Waals surface area contributed by atoms with Gasteiger partial charge in [0.05, 0.1) is 11.0 Å². The standard InChI is InChI=1S/C19H28N4O2/c1-6-22(7-2)9-8-20-18(24)12-23-17-11-14(4)13(3)10-16(17)21-15(5)19(23)25/h10-11H,6-9,12H2,1-5H3,(H,20,24). The molecule has 1 aromatic carbocycles. The Hall–Kier alpha value is -2.21. The van der Waals surface area contributed by atoms with Gasteiger partial charge in [-0.2, -0.15) is 0 Å². The lowest BCUT2D eigenvalue weighted by molar-refractivity contribution is -0.121. The van der Waals surface area contributed by atoms with Crippen LogP contribution in [-0.2, 0) is 11.3 Å². The number of carbonyl (C=O) groups excluding carboxylic acids is 1. The highest BCUT2D eigenvalue weighted by Crippen LogP contribution is 2.16. The predicted octanol–water partition coefficient (Wildman–Crippen LogP) is 1.78. The monoisotopic (exact) mass is 344 g/mol. The third-order valence-corrected chi connectivity index (χ3v) is 4.67. The van der Waals surface area contributed by atoms with E-state index in [1.165, 1.54) is 4.57 Å². The van der Waals surface area contributed by atoms with Crippen LogP contribution in [0.3, 0.4) is 0 Å². The Kier molecular flexibility index (Phi) is 6.31. The Morgan fingerprint density at radius 2 is 1.80 bits per heavy atom. The summed E-state index contributed by atoms with van der Waals surface area (Å²) in [5, 5.41) is 2.91. The zero-order chi connectivity index (χ0) is 18.6. The van der Waals surface area contributed by atoms with Crippen LogP contribution in [0.1, 0.15) is 30.7 Å². The maximum Gasteiger partial charge on any atom is 0.272 e. The molecule has 1 heterocycles. The highest BCUT2D eigenvalue weighted by Gasteiger charge is 2.13. The number of aromatic nitrogens is 2. The van der Waals surface area contributed by atoms with E-state index < -0.39 is 0 Å². The molecular formula is C19H28N4O2. The second kappa shape index (κ2) is 8.25. The van der Waals surface area contributed by atoms with Crippen molar-refractivity contribution in [1.82, 2.24) is 19.8 Å². The second-order valence-electron chi connectivity index (χ2n) is 6.39. The van der Waals surface area contributed by atoms with Gasteiger partial charge < -0.3 is 10.2 Å². The van der Waals surface area contributed by atoms with Crippen molar-refractivity contribution in [3.8, 4) is 0 Å².